The number of aliphatic imine (C=N–C) groups is 1. The lowest BCUT2D eigenvalue weighted by atomic mass is 9.89. The van der Waals surface area contributed by atoms with Gasteiger partial charge in [0.2, 0.25) is 0 Å². The summed E-state index contributed by atoms with van der Waals surface area (Å²) in [6.45, 7) is 3.34. The van der Waals surface area contributed by atoms with Gasteiger partial charge in [0.1, 0.15) is 0 Å². The molecule has 136 valence electrons. The number of likely N-dealkylation sites (tertiary alicyclic amines) is 1. The van der Waals surface area contributed by atoms with Gasteiger partial charge in [0.15, 0.2) is 10.8 Å². The standard InChI is InChI=1S/C16H20F2N4O2S/c1-15(2)8-22(9-16(15,17)18)7-11-10(14(23)24-3)6-20-12(21-11)13-19-4-5-25-13/h4-5H,6-9H2,1-3H3,(H,20,21). The number of carbonyl (C=O) groups excluding carboxylic acids is 1. The van der Waals surface area contributed by atoms with Crippen LogP contribution < -0.4 is 5.32 Å². The number of carbonyl (C=O) groups is 1. The van der Waals surface area contributed by atoms with E-state index in [1.807, 2.05) is 5.38 Å². The molecule has 0 aliphatic carbocycles. The highest BCUT2D eigenvalue weighted by Gasteiger charge is 2.54. The van der Waals surface area contributed by atoms with Crippen molar-refractivity contribution in [2.75, 3.05) is 33.3 Å². The van der Waals surface area contributed by atoms with Crippen molar-refractivity contribution in [3.8, 4) is 0 Å². The minimum Gasteiger partial charge on any atom is -0.466 e. The van der Waals surface area contributed by atoms with Crippen LogP contribution in [0, 0.1) is 5.41 Å². The minimum atomic E-state index is -2.78. The molecule has 2 aliphatic heterocycles. The molecule has 3 rings (SSSR count). The number of ether oxygens (including phenoxy) is 1. The van der Waals surface area contributed by atoms with Gasteiger partial charge < -0.3 is 10.1 Å². The molecule has 0 saturated carbocycles. The number of halogens is 2. The molecule has 1 aromatic heterocycles. The van der Waals surface area contributed by atoms with Crippen LogP contribution in [-0.4, -0.2) is 60.9 Å². The van der Waals surface area contributed by atoms with Gasteiger partial charge in [0.25, 0.3) is 5.92 Å². The Labute approximate surface area is 148 Å². The highest BCUT2D eigenvalue weighted by Crippen LogP contribution is 2.43. The predicted molar refractivity (Wildman–Crippen MR) is 90.9 cm³/mol. The first kappa shape index (κ1) is 17.9. The van der Waals surface area contributed by atoms with Crippen LogP contribution in [0.5, 0.6) is 0 Å². The Kier molecular flexibility index (Phi) is 4.63. The predicted octanol–water partition coefficient (Wildman–Crippen LogP) is 1.90. The summed E-state index contributed by atoms with van der Waals surface area (Å²) in [6, 6.07) is 0. The number of rotatable bonds is 4. The third kappa shape index (κ3) is 3.43. The SMILES string of the molecule is COC(=O)C1=C(CN2CC(C)(C)C(F)(F)C2)NC(c2nccs2)=NC1. The molecule has 1 N–H and O–H groups in total. The number of aromatic nitrogens is 1. The summed E-state index contributed by atoms with van der Waals surface area (Å²) in [4.78, 5) is 22.2. The van der Waals surface area contributed by atoms with Crippen molar-refractivity contribution in [3.63, 3.8) is 0 Å². The summed E-state index contributed by atoms with van der Waals surface area (Å²) in [5.74, 6) is -2.74. The second-order valence-corrected chi connectivity index (χ2v) is 7.70. The van der Waals surface area contributed by atoms with Gasteiger partial charge in [-0.15, -0.1) is 11.3 Å². The molecule has 9 heteroatoms. The first-order chi connectivity index (χ1) is 11.7. The van der Waals surface area contributed by atoms with E-state index in [9.17, 15) is 13.6 Å². The van der Waals surface area contributed by atoms with Crippen molar-refractivity contribution in [1.82, 2.24) is 15.2 Å². The molecule has 0 spiro atoms. The summed E-state index contributed by atoms with van der Waals surface area (Å²) in [5, 5.41) is 5.60. The van der Waals surface area contributed by atoms with Gasteiger partial charge in [-0.25, -0.2) is 18.6 Å². The van der Waals surface area contributed by atoms with Crippen molar-refractivity contribution < 1.29 is 18.3 Å². The fourth-order valence-corrected chi connectivity index (χ4v) is 3.58. The molecule has 1 saturated heterocycles. The molecular formula is C16H20F2N4O2S. The van der Waals surface area contributed by atoms with E-state index in [1.54, 1.807) is 24.9 Å². The van der Waals surface area contributed by atoms with E-state index in [2.05, 4.69) is 15.3 Å². The van der Waals surface area contributed by atoms with Gasteiger partial charge in [-0.3, -0.25) is 9.89 Å². The largest absolute Gasteiger partial charge is 0.466 e. The van der Waals surface area contributed by atoms with Gasteiger partial charge in [-0.05, 0) is 0 Å². The molecule has 0 unspecified atom stereocenters. The monoisotopic (exact) mass is 370 g/mol. The summed E-state index contributed by atoms with van der Waals surface area (Å²) in [7, 11) is 1.29. The lowest BCUT2D eigenvalue weighted by Crippen LogP contribution is -2.38. The van der Waals surface area contributed by atoms with Crippen LogP contribution in [0.2, 0.25) is 0 Å². The van der Waals surface area contributed by atoms with E-state index in [-0.39, 0.29) is 26.2 Å². The summed E-state index contributed by atoms with van der Waals surface area (Å²) in [6.07, 6.45) is 1.66. The second-order valence-electron chi connectivity index (χ2n) is 6.81. The number of nitrogens with zero attached hydrogens (tertiary/aromatic N) is 3. The first-order valence-electron chi connectivity index (χ1n) is 7.85. The molecule has 1 aromatic rings. The maximum atomic E-state index is 14.1. The highest BCUT2D eigenvalue weighted by atomic mass is 32.1. The van der Waals surface area contributed by atoms with E-state index in [1.165, 1.54) is 18.4 Å². The Bertz CT molecular complexity index is 713. The van der Waals surface area contributed by atoms with Gasteiger partial charge in [0.05, 0.1) is 25.8 Å². The third-order valence-electron chi connectivity index (χ3n) is 4.51. The number of thiazole rings is 1. The molecule has 0 atom stereocenters. The zero-order chi connectivity index (χ0) is 18.2. The Morgan fingerprint density at radius 3 is 2.76 bits per heavy atom. The summed E-state index contributed by atoms with van der Waals surface area (Å²) < 4.78 is 33.1. The number of esters is 1. The molecule has 1 fully saturated rings. The molecule has 25 heavy (non-hydrogen) atoms. The summed E-state index contributed by atoms with van der Waals surface area (Å²) in [5.41, 5.74) is -0.212. The van der Waals surface area contributed by atoms with Crippen molar-refractivity contribution in [2.45, 2.75) is 19.8 Å². The smallest absolute Gasteiger partial charge is 0.337 e. The van der Waals surface area contributed by atoms with Crippen LogP contribution in [0.25, 0.3) is 0 Å². The molecule has 0 aromatic carbocycles. The molecule has 0 amide bonds. The molecule has 0 radical (unpaired) electrons. The fourth-order valence-electron chi connectivity index (χ4n) is 2.98. The maximum Gasteiger partial charge on any atom is 0.337 e. The minimum absolute atomic E-state index is 0.136. The number of alkyl halides is 2. The Morgan fingerprint density at radius 2 is 2.20 bits per heavy atom. The average Bonchev–Trinajstić information content (AvgIpc) is 3.13. The zero-order valence-electron chi connectivity index (χ0n) is 14.3. The third-order valence-corrected chi connectivity index (χ3v) is 5.29. The van der Waals surface area contributed by atoms with E-state index in [0.29, 0.717) is 22.1 Å². The van der Waals surface area contributed by atoms with Crippen LogP contribution >= 0.6 is 11.3 Å². The first-order valence-corrected chi connectivity index (χ1v) is 8.73. The van der Waals surface area contributed by atoms with Crippen LogP contribution in [-0.2, 0) is 9.53 Å². The quantitative estimate of drug-likeness (QED) is 0.820. The van der Waals surface area contributed by atoms with Crippen molar-refractivity contribution >= 4 is 23.1 Å². The van der Waals surface area contributed by atoms with E-state index < -0.39 is 17.3 Å². The van der Waals surface area contributed by atoms with Crippen molar-refractivity contribution in [3.05, 3.63) is 27.9 Å². The van der Waals surface area contributed by atoms with Crippen LogP contribution in [0.15, 0.2) is 27.8 Å². The molecule has 3 heterocycles. The topological polar surface area (TPSA) is 66.8 Å². The second kappa shape index (κ2) is 6.45. The molecule has 2 aliphatic rings. The van der Waals surface area contributed by atoms with Crippen molar-refractivity contribution in [2.24, 2.45) is 10.4 Å². The van der Waals surface area contributed by atoms with Crippen LogP contribution in [0.3, 0.4) is 0 Å². The average molecular weight is 370 g/mol. The number of hydrogen-bond acceptors (Lipinski definition) is 7. The number of hydrogen-bond donors (Lipinski definition) is 1. The van der Waals surface area contributed by atoms with Crippen molar-refractivity contribution in [1.29, 1.82) is 0 Å². The highest BCUT2D eigenvalue weighted by molar-refractivity contribution is 7.11. The maximum absolute atomic E-state index is 14.1. The fraction of sp³-hybridized carbons (Fsp3) is 0.562. The van der Waals surface area contributed by atoms with Gasteiger partial charge in [-0.1, -0.05) is 13.8 Å². The normalized spacial score (nSPS) is 22.5. The molecule has 0 bridgehead atoms. The lowest BCUT2D eigenvalue weighted by molar-refractivity contribution is -0.136. The number of nitrogens with one attached hydrogen (secondary N) is 1. The van der Waals surface area contributed by atoms with Crippen LogP contribution in [0.1, 0.15) is 18.9 Å². The molecular weight excluding hydrogens is 350 g/mol. The zero-order valence-corrected chi connectivity index (χ0v) is 15.1. The Balaban J connectivity index is 1.82. The van der Waals surface area contributed by atoms with Crippen LogP contribution in [0.4, 0.5) is 8.78 Å². The van der Waals surface area contributed by atoms with E-state index >= 15 is 0 Å². The Morgan fingerprint density at radius 1 is 1.44 bits per heavy atom. The van der Waals surface area contributed by atoms with Gasteiger partial charge in [-0.2, -0.15) is 0 Å². The molecule has 6 nitrogen and oxygen atoms in total. The van der Waals surface area contributed by atoms with Gasteiger partial charge in [0, 0.05) is 35.8 Å². The van der Waals surface area contributed by atoms with E-state index in [0.717, 1.165) is 0 Å². The number of amidine groups is 1. The summed E-state index contributed by atoms with van der Waals surface area (Å²) >= 11 is 1.41. The van der Waals surface area contributed by atoms with Gasteiger partial charge >= 0.3 is 5.97 Å². The van der Waals surface area contributed by atoms with E-state index in [4.69, 9.17) is 4.74 Å². The number of methoxy groups -OCH3 is 1. The Hall–Kier alpha value is -1.87. The lowest BCUT2D eigenvalue weighted by Gasteiger charge is -2.25.